The molecule has 0 saturated carbocycles. The van der Waals surface area contributed by atoms with Crippen LogP contribution < -0.4 is 9.47 Å². The smallest absolute Gasteiger partial charge is 0.222 e. The number of rotatable bonds is 3. The van der Waals surface area contributed by atoms with Gasteiger partial charge in [-0.3, -0.25) is 0 Å². The molecule has 0 bridgehead atoms. The number of aryl methyl sites for hydroxylation is 2. The molecule has 0 unspecified atom stereocenters. The summed E-state index contributed by atoms with van der Waals surface area (Å²) in [5.74, 6) is 2.36. The van der Waals surface area contributed by atoms with Crippen LogP contribution in [0.5, 0.6) is 17.4 Å². The largest absolute Gasteiger partial charge is 0.483 e. The zero-order valence-electron chi connectivity index (χ0n) is 12.7. The van der Waals surface area contributed by atoms with Crippen LogP contribution in [0, 0.1) is 6.92 Å². The number of hydrogen-bond donors (Lipinski definition) is 0. The van der Waals surface area contributed by atoms with Crippen LogP contribution in [0.1, 0.15) is 30.7 Å². The first kappa shape index (κ1) is 14.4. The van der Waals surface area contributed by atoms with Gasteiger partial charge in [0.25, 0.3) is 0 Å². The lowest BCUT2D eigenvalue weighted by Crippen LogP contribution is -2.24. The highest BCUT2D eigenvalue weighted by atomic mass is 79.9. The van der Waals surface area contributed by atoms with E-state index in [-0.39, 0.29) is 5.60 Å². The first-order valence-corrected chi connectivity index (χ1v) is 8.10. The second-order valence-corrected chi connectivity index (χ2v) is 6.57. The van der Waals surface area contributed by atoms with Crippen molar-refractivity contribution in [3.63, 3.8) is 0 Å². The summed E-state index contributed by atoms with van der Waals surface area (Å²) in [5.41, 5.74) is 3.05. The van der Waals surface area contributed by atoms with E-state index in [2.05, 4.69) is 40.9 Å². The number of aromatic nitrogens is 2. The monoisotopic (exact) mass is 350 g/mol. The number of benzene rings is 1. The number of fused-ring (bicyclic) bond motifs is 1. The van der Waals surface area contributed by atoms with E-state index in [0.717, 1.165) is 35.1 Å². The number of alkyl halides is 1. The number of nitrogens with zero attached hydrogens (tertiary/aromatic N) is 2. The number of ether oxygens (including phenoxy) is 2. The predicted molar refractivity (Wildman–Crippen MR) is 85.5 cm³/mol. The van der Waals surface area contributed by atoms with Gasteiger partial charge in [-0.2, -0.15) is 5.10 Å². The van der Waals surface area contributed by atoms with Crippen LogP contribution in [0.15, 0.2) is 18.2 Å². The quantitative estimate of drug-likeness (QED) is 0.780. The Kier molecular flexibility index (Phi) is 3.48. The highest BCUT2D eigenvalue weighted by Gasteiger charge is 2.32. The lowest BCUT2D eigenvalue weighted by molar-refractivity contribution is 0.134. The Bertz CT molecular complexity index is 692. The van der Waals surface area contributed by atoms with E-state index in [1.54, 1.807) is 4.68 Å². The van der Waals surface area contributed by atoms with E-state index in [1.165, 1.54) is 5.56 Å². The van der Waals surface area contributed by atoms with E-state index in [4.69, 9.17) is 9.47 Å². The minimum Gasteiger partial charge on any atom is -0.483 e. The van der Waals surface area contributed by atoms with Gasteiger partial charge in [-0.1, -0.05) is 28.1 Å². The van der Waals surface area contributed by atoms with Gasteiger partial charge in [0.1, 0.15) is 5.60 Å². The van der Waals surface area contributed by atoms with Crippen LogP contribution in [-0.4, -0.2) is 15.4 Å². The van der Waals surface area contributed by atoms with Crippen molar-refractivity contribution in [2.45, 2.75) is 38.1 Å². The third-order valence-electron chi connectivity index (χ3n) is 3.68. The van der Waals surface area contributed by atoms with Crippen LogP contribution >= 0.6 is 15.9 Å². The molecule has 2 aromatic rings. The van der Waals surface area contributed by atoms with E-state index >= 15 is 0 Å². The number of halogens is 1. The van der Waals surface area contributed by atoms with Crippen molar-refractivity contribution in [1.82, 2.24) is 9.78 Å². The second kappa shape index (κ2) is 5.05. The van der Waals surface area contributed by atoms with E-state index in [0.29, 0.717) is 5.33 Å². The van der Waals surface area contributed by atoms with Crippen molar-refractivity contribution in [3.05, 3.63) is 35.0 Å². The molecule has 1 aliphatic rings. The van der Waals surface area contributed by atoms with Crippen LogP contribution in [0.3, 0.4) is 0 Å². The maximum absolute atomic E-state index is 6.13. The number of para-hydroxylation sites is 1. The maximum atomic E-state index is 6.13. The summed E-state index contributed by atoms with van der Waals surface area (Å²) < 4.78 is 14.0. The Morgan fingerprint density at radius 3 is 2.90 bits per heavy atom. The normalized spacial score (nSPS) is 15.7. The molecule has 2 heterocycles. The molecule has 4 nitrogen and oxygen atoms in total. The van der Waals surface area contributed by atoms with E-state index in [9.17, 15) is 0 Å². The Balaban J connectivity index is 2.00. The Morgan fingerprint density at radius 1 is 1.43 bits per heavy atom. The highest BCUT2D eigenvalue weighted by molar-refractivity contribution is 9.08. The molecule has 0 N–H and O–H groups in total. The molecule has 0 atom stereocenters. The Labute approximate surface area is 133 Å². The predicted octanol–water partition coefficient (Wildman–Crippen LogP) is 4.13. The van der Waals surface area contributed by atoms with Crippen LogP contribution in [0.2, 0.25) is 0 Å². The summed E-state index contributed by atoms with van der Waals surface area (Å²) >= 11 is 3.50. The van der Waals surface area contributed by atoms with E-state index < -0.39 is 0 Å². The molecule has 112 valence electrons. The molecular formula is C16H19BrN2O2. The van der Waals surface area contributed by atoms with Crippen molar-refractivity contribution in [2.24, 2.45) is 7.05 Å². The minimum atomic E-state index is -0.178. The fraction of sp³-hybridized carbons (Fsp3) is 0.438. The molecule has 1 aromatic carbocycles. The molecule has 3 rings (SSSR count). The zero-order chi connectivity index (χ0) is 15.2. The summed E-state index contributed by atoms with van der Waals surface area (Å²) in [6, 6.07) is 6.05. The minimum absolute atomic E-state index is 0.178. The zero-order valence-corrected chi connectivity index (χ0v) is 14.3. The van der Waals surface area contributed by atoms with Gasteiger partial charge >= 0.3 is 0 Å². The van der Waals surface area contributed by atoms with Crippen molar-refractivity contribution in [2.75, 3.05) is 0 Å². The van der Waals surface area contributed by atoms with Gasteiger partial charge in [-0.25, -0.2) is 4.68 Å². The van der Waals surface area contributed by atoms with Crippen molar-refractivity contribution in [1.29, 1.82) is 0 Å². The fourth-order valence-electron chi connectivity index (χ4n) is 2.73. The third-order valence-corrected chi connectivity index (χ3v) is 4.24. The summed E-state index contributed by atoms with van der Waals surface area (Å²) in [7, 11) is 1.89. The topological polar surface area (TPSA) is 36.3 Å². The van der Waals surface area contributed by atoms with Gasteiger partial charge in [0.2, 0.25) is 5.88 Å². The average Bonchev–Trinajstić information content (AvgIpc) is 2.85. The second-order valence-electron chi connectivity index (χ2n) is 6.01. The van der Waals surface area contributed by atoms with Crippen LogP contribution in [0.25, 0.3) is 0 Å². The van der Waals surface area contributed by atoms with Crippen molar-refractivity contribution >= 4 is 15.9 Å². The molecule has 1 aromatic heterocycles. The van der Waals surface area contributed by atoms with Crippen LogP contribution in [-0.2, 0) is 18.8 Å². The lowest BCUT2D eigenvalue weighted by atomic mass is 10.0. The van der Waals surface area contributed by atoms with Gasteiger partial charge in [-0.05, 0) is 26.8 Å². The first-order valence-electron chi connectivity index (χ1n) is 6.98. The van der Waals surface area contributed by atoms with E-state index in [1.807, 2.05) is 26.1 Å². The summed E-state index contributed by atoms with van der Waals surface area (Å²) in [6.07, 6.45) is 0.898. The fourth-order valence-corrected chi connectivity index (χ4v) is 3.38. The molecule has 0 radical (unpaired) electrons. The molecule has 0 aliphatic carbocycles. The summed E-state index contributed by atoms with van der Waals surface area (Å²) in [6.45, 7) is 6.17. The Hall–Kier alpha value is -1.49. The van der Waals surface area contributed by atoms with Gasteiger partial charge < -0.3 is 9.47 Å². The molecule has 0 amide bonds. The summed E-state index contributed by atoms with van der Waals surface area (Å²) in [5, 5.41) is 5.13. The molecule has 21 heavy (non-hydrogen) atoms. The lowest BCUT2D eigenvalue weighted by Gasteiger charge is -2.18. The third kappa shape index (κ3) is 2.55. The van der Waals surface area contributed by atoms with Gasteiger partial charge in [0.05, 0.1) is 5.69 Å². The molecular weight excluding hydrogens is 332 g/mol. The standard InChI is InChI=1S/C16H19BrN2O2/c1-10-12(9-17)15(19(4)18-10)20-13-7-5-6-11-8-16(2,3)21-14(11)13/h5-7H,8-9H2,1-4H3. The average molecular weight is 351 g/mol. The molecule has 0 saturated heterocycles. The Morgan fingerprint density at radius 2 is 2.19 bits per heavy atom. The molecule has 0 spiro atoms. The molecule has 0 fully saturated rings. The summed E-state index contributed by atoms with van der Waals surface area (Å²) in [4.78, 5) is 0. The van der Waals surface area contributed by atoms with Crippen molar-refractivity contribution in [3.8, 4) is 17.4 Å². The highest BCUT2D eigenvalue weighted by Crippen LogP contribution is 2.44. The molecule has 5 heteroatoms. The van der Waals surface area contributed by atoms with Crippen LogP contribution in [0.4, 0.5) is 0 Å². The first-order chi connectivity index (χ1) is 9.91. The van der Waals surface area contributed by atoms with Gasteiger partial charge in [-0.15, -0.1) is 0 Å². The maximum Gasteiger partial charge on any atom is 0.222 e. The van der Waals surface area contributed by atoms with Gasteiger partial charge in [0, 0.05) is 29.9 Å². The number of hydrogen-bond acceptors (Lipinski definition) is 3. The van der Waals surface area contributed by atoms with Crippen molar-refractivity contribution < 1.29 is 9.47 Å². The molecule has 1 aliphatic heterocycles. The van der Waals surface area contributed by atoms with Gasteiger partial charge in [0.15, 0.2) is 11.5 Å². The SMILES string of the molecule is Cc1nn(C)c(Oc2cccc3c2OC(C)(C)C3)c1CBr.